The summed E-state index contributed by atoms with van der Waals surface area (Å²) in [6, 6.07) is 14.4. The molecule has 19 heavy (non-hydrogen) atoms. The minimum Gasteiger partial charge on any atom is -0.486 e. The van der Waals surface area contributed by atoms with Crippen molar-refractivity contribution in [3.8, 4) is 22.6 Å². The molecule has 0 fully saturated rings. The lowest BCUT2D eigenvalue weighted by atomic mass is 10.0. The molecule has 1 aliphatic rings. The number of rotatable bonds is 1. The molecule has 0 aliphatic carbocycles. The van der Waals surface area contributed by atoms with Crippen LogP contribution < -0.4 is 9.47 Å². The van der Waals surface area contributed by atoms with E-state index in [1.54, 1.807) is 11.3 Å². The van der Waals surface area contributed by atoms with Gasteiger partial charge in [-0.15, -0.1) is 11.3 Å². The zero-order valence-corrected chi connectivity index (χ0v) is 11.0. The van der Waals surface area contributed by atoms with Crippen molar-refractivity contribution >= 4 is 21.4 Å². The second kappa shape index (κ2) is 4.28. The van der Waals surface area contributed by atoms with Crippen molar-refractivity contribution in [2.45, 2.75) is 0 Å². The van der Waals surface area contributed by atoms with Crippen molar-refractivity contribution in [2.75, 3.05) is 13.2 Å². The van der Waals surface area contributed by atoms with E-state index in [2.05, 4.69) is 35.7 Å². The van der Waals surface area contributed by atoms with Gasteiger partial charge >= 0.3 is 0 Å². The molecule has 0 saturated carbocycles. The molecule has 0 unspecified atom stereocenters. The highest BCUT2D eigenvalue weighted by Crippen LogP contribution is 2.43. The number of ether oxygens (including phenoxy) is 2. The third kappa shape index (κ3) is 1.70. The molecule has 4 rings (SSSR count). The number of fused-ring (bicyclic) bond motifs is 2. The third-order valence-electron chi connectivity index (χ3n) is 3.25. The van der Waals surface area contributed by atoms with Crippen LogP contribution in [0.2, 0.25) is 0 Å². The quantitative estimate of drug-likeness (QED) is 0.659. The van der Waals surface area contributed by atoms with Crippen LogP contribution in [0.1, 0.15) is 0 Å². The van der Waals surface area contributed by atoms with Crippen molar-refractivity contribution in [2.24, 2.45) is 0 Å². The average Bonchev–Trinajstić information content (AvgIpc) is 2.90. The monoisotopic (exact) mass is 267 g/mol. The van der Waals surface area contributed by atoms with Crippen LogP contribution in [0.3, 0.4) is 0 Å². The van der Waals surface area contributed by atoms with E-state index in [4.69, 9.17) is 9.47 Å². The molecule has 3 aromatic rings. The van der Waals surface area contributed by atoms with Crippen LogP contribution >= 0.6 is 11.3 Å². The minimum atomic E-state index is 0.603. The average molecular weight is 267 g/mol. The molecule has 2 nitrogen and oxygen atoms in total. The summed E-state index contributed by atoms with van der Waals surface area (Å²) in [5, 5.41) is 4.60. The van der Waals surface area contributed by atoms with Gasteiger partial charge in [0.2, 0.25) is 0 Å². The van der Waals surface area contributed by atoms with Gasteiger partial charge in [0.15, 0.2) is 11.5 Å². The highest BCUT2D eigenvalue weighted by molar-refractivity contribution is 7.17. The maximum Gasteiger partial charge on any atom is 0.169 e. The molecular weight excluding hydrogens is 256 g/mol. The Morgan fingerprint density at radius 1 is 0.947 bits per heavy atom. The zero-order chi connectivity index (χ0) is 12.7. The number of thiophene rings is 1. The molecule has 2 aromatic carbocycles. The number of hydrogen-bond donors (Lipinski definition) is 0. The lowest BCUT2D eigenvalue weighted by Crippen LogP contribution is -2.15. The smallest absolute Gasteiger partial charge is 0.169 e. The molecule has 0 spiro atoms. The second-order valence-corrected chi connectivity index (χ2v) is 5.25. The fourth-order valence-corrected chi connectivity index (χ4v) is 3.25. The van der Waals surface area contributed by atoms with Gasteiger partial charge in [-0.1, -0.05) is 30.3 Å². The first-order valence-corrected chi connectivity index (χ1v) is 7.03. The van der Waals surface area contributed by atoms with Gasteiger partial charge in [-0.25, -0.2) is 0 Å². The lowest BCUT2D eigenvalue weighted by molar-refractivity contribution is 0.172. The van der Waals surface area contributed by atoms with Gasteiger partial charge in [0.05, 0.1) is 5.38 Å². The van der Waals surface area contributed by atoms with Crippen LogP contribution in [-0.4, -0.2) is 13.2 Å². The summed E-state index contributed by atoms with van der Waals surface area (Å²) >= 11 is 1.64. The largest absolute Gasteiger partial charge is 0.486 e. The molecule has 1 aliphatic heterocycles. The highest BCUT2D eigenvalue weighted by atomic mass is 32.1. The van der Waals surface area contributed by atoms with Crippen molar-refractivity contribution in [1.29, 1.82) is 0 Å². The third-order valence-corrected chi connectivity index (χ3v) is 4.14. The Labute approximate surface area is 115 Å². The van der Waals surface area contributed by atoms with Gasteiger partial charge in [0.1, 0.15) is 13.2 Å². The molecular formula is C16H11O2S. The number of para-hydroxylation sites is 1. The molecule has 0 N–H and O–H groups in total. The first-order valence-electron chi connectivity index (χ1n) is 6.22. The maximum absolute atomic E-state index is 5.79. The molecule has 93 valence electrons. The van der Waals surface area contributed by atoms with Crippen molar-refractivity contribution in [1.82, 2.24) is 0 Å². The SMILES string of the molecule is [c]1sc2ccccc2c1-c1cccc2c1OCCO2. The number of hydrogen-bond acceptors (Lipinski definition) is 3. The Bertz CT molecular complexity index is 745. The van der Waals surface area contributed by atoms with E-state index in [0.717, 1.165) is 22.6 Å². The Morgan fingerprint density at radius 2 is 1.84 bits per heavy atom. The summed E-state index contributed by atoms with van der Waals surface area (Å²) in [5.74, 6) is 1.67. The minimum absolute atomic E-state index is 0.603. The zero-order valence-electron chi connectivity index (χ0n) is 10.2. The summed E-state index contributed by atoms with van der Waals surface area (Å²) in [4.78, 5) is 0. The Morgan fingerprint density at radius 3 is 2.84 bits per heavy atom. The van der Waals surface area contributed by atoms with Gasteiger partial charge in [0.25, 0.3) is 0 Å². The van der Waals surface area contributed by atoms with Crippen LogP contribution in [0.5, 0.6) is 11.5 Å². The van der Waals surface area contributed by atoms with E-state index in [-0.39, 0.29) is 0 Å². The molecule has 1 radical (unpaired) electrons. The summed E-state index contributed by atoms with van der Waals surface area (Å²) in [6.45, 7) is 1.22. The molecule has 2 heterocycles. The molecule has 0 bridgehead atoms. The molecule has 0 atom stereocenters. The van der Waals surface area contributed by atoms with E-state index in [1.807, 2.05) is 12.1 Å². The lowest BCUT2D eigenvalue weighted by Gasteiger charge is -2.20. The van der Waals surface area contributed by atoms with E-state index in [9.17, 15) is 0 Å². The van der Waals surface area contributed by atoms with E-state index in [1.165, 1.54) is 10.1 Å². The van der Waals surface area contributed by atoms with Gasteiger partial charge in [0, 0.05) is 21.2 Å². The predicted octanol–water partition coefficient (Wildman–Crippen LogP) is 4.14. The summed E-state index contributed by atoms with van der Waals surface area (Å²) in [7, 11) is 0. The van der Waals surface area contributed by atoms with Crippen LogP contribution in [0.15, 0.2) is 42.5 Å². The summed E-state index contributed by atoms with van der Waals surface area (Å²) in [6.07, 6.45) is 0. The maximum atomic E-state index is 5.79. The topological polar surface area (TPSA) is 18.5 Å². The molecule has 3 heteroatoms. The van der Waals surface area contributed by atoms with Crippen LogP contribution in [0.4, 0.5) is 0 Å². The Hall–Kier alpha value is -2.00. The van der Waals surface area contributed by atoms with E-state index < -0.39 is 0 Å². The summed E-state index contributed by atoms with van der Waals surface area (Å²) < 4.78 is 12.7. The number of benzene rings is 2. The first kappa shape index (κ1) is 10.9. The van der Waals surface area contributed by atoms with Gasteiger partial charge in [-0.2, -0.15) is 0 Å². The van der Waals surface area contributed by atoms with Crippen molar-refractivity contribution < 1.29 is 9.47 Å². The van der Waals surface area contributed by atoms with Crippen molar-refractivity contribution in [3.05, 3.63) is 47.8 Å². The second-order valence-electron chi connectivity index (χ2n) is 4.41. The first-order chi connectivity index (χ1) is 9.43. The standard InChI is InChI=1S/C16H11O2S/c1-2-7-15-11(4-1)13(10-19-15)12-5-3-6-14-16(12)18-9-8-17-14/h1-7H,8-9H2. The highest BCUT2D eigenvalue weighted by Gasteiger charge is 2.18. The van der Waals surface area contributed by atoms with Crippen LogP contribution in [0.25, 0.3) is 21.2 Å². The van der Waals surface area contributed by atoms with Gasteiger partial charge in [-0.3, -0.25) is 0 Å². The van der Waals surface area contributed by atoms with Crippen LogP contribution in [-0.2, 0) is 0 Å². The Balaban J connectivity index is 1.97. The summed E-state index contributed by atoms with van der Waals surface area (Å²) in [5.41, 5.74) is 2.16. The predicted molar refractivity (Wildman–Crippen MR) is 77.1 cm³/mol. The fraction of sp³-hybridized carbons (Fsp3) is 0.125. The molecule has 0 amide bonds. The molecule has 0 saturated heterocycles. The van der Waals surface area contributed by atoms with Crippen LogP contribution in [0, 0.1) is 5.38 Å². The van der Waals surface area contributed by atoms with Gasteiger partial charge < -0.3 is 9.47 Å². The van der Waals surface area contributed by atoms with E-state index in [0.29, 0.717) is 13.2 Å². The molecule has 1 aromatic heterocycles. The fourth-order valence-electron chi connectivity index (χ4n) is 2.39. The normalized spacial score (nSPS) is 13.7. The Kier molecular flexibility index (Phi) is 2.45. The van der Waals surface area contributed by atoms with Crippen molar-refractivity contribution in [3.63, 3.8) is 0 Å². The van der Waals surface area contributed by atoms with E-state index >= 15 is 0 Å². The van der Waals surface area contributed by atoms with Gasteiger partial charge in [-0.05, 0) is 12.1 Å².